The maximum Gasteiger partial charge on any atom is 0.409 e. The lowest BCUT2D eigenvalue weighted by molar-refractivity contribution is 0.0851. The zero-order chi connectivity index (χ0) is 12.1. The van der Waals surface area contributed by atoms with Gasteiger partial charge in [0.25, 0.3) is 0 Å². The Kier molecular flexibility index (Phi) is 4.66. The number of hydrogen-bond acceptors (Lipinski definition) is 3. The normalized spacial score (nSPS) is 26.2. The van der Waals surface area contributed by atoms with Crippen LogP contribution in [0.3, 0.4) is 0 Å². The van der Waals surface area contributed by atoms with Gasteiger partial charge in [0.05, 0.1) is 6.61 Å². The molecule has 98 valence electrons. The number of piperidine rings is 1. The van der Waals surface area contributed by atoms with Gasteiger partial charge in [-0.15, -0.1) is 0 Å². The molecule has 1 atom stereocenters. The van der Waals surface area contributed by atoms with Crippen molar-refractivity contribution in [2.75, 3.05) is 32.8 Å². The van der Waals surface area contributed by atoms with Gasteiger partial charge >= 0.3 is 6.09 Å². The molecule has 0 aromatic heterocycles. The molecule has 2 heterocycles. The third kappa shape index (κ3) is 3.87. The molecule has 0 saturated carbocycles. The molecule has 4 heteroatoms. The lowest BCUT2D eigenvalue weighted by Gasteiger charge is -2.29. The summed E-state index contributed by atoms with van der Waals surface area (Å²) in [5.74, 6) is 1.45. The Hall–Kier alpha value is -0.770. The van der Waals surface area contributed by atoms with E-state index in [0.29, 0.717) is 12.5 Å². The lowest BCUT2D eigenvalue weighted by atomic mass is 10.00. The SMILES string of the molecule is CC1CCN(C(=O)OCCC2CCNC2)CC1. The highest BCUT2D eigenvalue weighted by molar-refractivity contribution is 5.67. The molecule has 2 saturated heterocycles. The minimum atomic E-state index is -0.108. The highest BCUT2D eigenvalue weighted by atomic mass is 16.6. The summed E-state index contributed by atoms with van der Waals surface area (Å²) >= 11 is 0. The zero-order valence-electron chi connectivity index (χ0n) is 10.8. The van der Waals surface area contributed by atoms with Gasteiger partial charge in [0.15, 0.2) is 0 Å². The Morgan fingerprint density at radius 1 is 1.35 bits per heavy atom. The van der Waals surface area contributed by atoms with Crippen LogP contribution in [0.2, 0.25) is 0 Å². The van der Waals surface area contributed by atoms with E-state index in [9.17, 15) is 4.79 Å². The summed E-state index contributed by atoms with van der Waals surface area (Å²) in [5.41, 5.74) is 0. The van der Waals surface area contributed by atoms with E-state index in [1.807, 2.05) is 4.90 Å². The Labute approximate surface area is 104 Å². The molecule has 2 fully saturated rings. The second kappa shape index (κ2) is 6.24. The molecule has 1 unspecified atom stereocenters. The highest BCUT2D eigenvalue weighted by Crippen LogP contribution is 2.17. The zero-order valence-corrected chi connectivity index (χ0v) is 10.8. The van der Waals surface area contributed by atoms with Gasteiger partial charge in [0.2, 0.25) is 0 Å². The van der Waals surface area contributed by atoms with Crippen molar-refractivity contribution in [3.05, 3.63) is 0 Å². The molecule has 0 bridgehead atoms. The number of rotatable bonds is 3. The summed E-state index contributed by atoms with van der Waals surface area (Å²) in [6, 6.07) is 0. The smallest absolute Gasteiger partial charge is 0.409 e. The molecule has 0 radical (unpaired) electrons. The number of carbonyl (C=O) groups excluding carboxylic acids is 1. The van der Waals surface area contributed by atoms with Crippen LogP contribution in [0.25, 0.3) is 0 Å². The van der Waals surface area contributed by atoms with Crippen LogP contribution in [0.5, 0.6) is 0 Å². The number of nitrogens with one attached hydrogen (secondary N) is 1. The van der Waals surface area contributed by atoms with Crippen LogP contribution in [0.15, 0.2) is 0 Å². The van der Waals surface area contributed by atoms with E-state index >= 15 is 0 Å². The third-order valence-corrected chi connectivity index (χ3v) is 3.96. The topological polar surface area (TPSA) is 41.6 Å². The van der Waals surface area contributed by atoms with E-state index in [0.717, 1.165) is 51.4 Å². The summed E-state index contributed by atoms with van der Waals surface area (Å²) in [5, 5.41) is 3.33. The van der Waals surface area contributed by atoms with Crippen LogP contribution < -0.4 is 5.32 Å². The number of nitrogens with zero attached hydrogens (tertiary/aromatic N) is 1. The summed E-state index contributed by atoms with van der Waals surface area (Å²) in [7, 11) is 0. The second-order valence-corrected chi connectivity index (χ2v) is 5.43. The van der Waals surface area contributed by atoms with E-state index in [1.165, 1.54) is 6.42 Å². The van der Waals surface area contributed by atoms with Crippen LogP contribution in [0.1, 0.15) is 32.6 Å². The van der Waals surface area contributed by atoms with Crippen molar-refractivity contribution in [2.24, 2.45) is 11.8 Å². The first-order valence-corrected chi connectivity index (χ1v) is 6.88. The van der Waals surface area contributed by atoms with E-state index < -0.39 is 0 Å². The summed E-state index contributed by atoms with van der Waals surface area (Å²) in [6.45, 7) is 6.75. The predicted molar refractivity (Wildman–Crippen MR) is 66.9 cm³/mol. The molecule has 2 rings (SSSR count). The molecular weight excluding hydrogens is 216 g/mol. The monoisotopic (exact) mass is 240 g/mol. The standard InChI is InChI=1S/C13H24N2O2/c1-11-3-7-15(8-4-11)13(16)17-9-5-12-2-6-14-10-12/h11-12,14H,2-10H2,1H3. The first-order valence-electron chi connectivity index (χ1n) is 6.88. The van der Waals surface area contributed by atoms with Crippen molar-refractivity contribution < 1.29 is 9.53 Å². The molecule has 1 N–H and O–H groups in total. The quantitative estimate of drug-likeness (QED) is 0.818. The Morgan fingerprint density at radius 3 is 2.76 bits per heavy atom. The Balaban J connectivity index is 1.60. The fourth-order valence-electron chi connectivity index (χ4n) is 2.56. The average molecular weight is 240 g/mol. The molecule has 0 spiro atoms. The van der Waals surface area contributed by atoms with Gasteiger partial charge in [-0.05, 0) is 50.6 Å². The fourth-order valence-corrected chi connectivity index (χ4v) is 2.56. The van der Waals surface area contributed by atoms with E-state index in [-0.39, 0.29) is 6.09 Å². The highest BCUT2D eigenvalue weighted by Gasteiger charge is 2.21. The molecule has 1 amide bonds. The predicted octanol–water partition coefficient (Wildman–Crippen LogP) is 1.85. The van der Waals surface area contributed by atoms with Gasteiger partial charge in [-0.25, -0.2) is 4.79 Å². The number of carbonyl (C=O) groups is 1. The van der Waals surface area contributed by atoms with E-state index in [1.54, 1.807) is 0 Å². The average Bonchev–Trinajstić information content (AvgIpc) is 2.83. The van der Waals surface area contributed by atoms with Crippen LogP contribution in [0.4, 0.5) is 4.79 Å². The Bertz CT molecular complexity index is 244. The van der Waals surface area contributed by atoms with Crippen molar-refractivity contribution >= 4 is 6.09 Å². The maximum atomic E-state index is 11.8. The largest absolute Gasteiger partial charge is 0.449 e. The van der Waals surface area contributed by atoms with Crippen molar-refractivity contribution in [3.8, 4) is 0 Å². The number of amides is 1. The Morgan fingerprint density at radius 2 is 2.12 bits per heavy atom. The van der Waals surface area contributed by atoms with Crippen LogP contribution >= 0.6 is 0 Å². The van der Waals surface area contributed by atoms with Crippen molar-refractivity contribution in [3.63, 3.8) is 0 Å². The fraction of sp³-hybridized carbons (Fsp3) is 0.923. The minimum Gasteiger partial charge on any atom is -0.449 e. The van der Waals surface area contributed by atoms with Crippen LogP contribution in [0, 0.1) is 11.8 Å². The molecule has 0 aromatic carbocycles. The molecule has 2 aliphatic rings. The lowest BCUT2D eigenvalue weighted by Crippen LogP contribution is -2.38. The molecule has 0 aliphatic carbocycles. The first kappa shape index (κ1) is 12.7. The maximum absolute atomic E-state index is 11.8. The number of likely N-dealkylation sites (tertiary alicyclic amines) is 1. The minimum absolute atomic E-state index is 0.108. The summed E-state index contributed by atoms with van der Waals surface area (Å²) < 4.78 is 5.34. The van der Waals surface area contributed by atoms with Crippen LogP contribution in [-0.2, 0) is 4.74 Å². The van der Waals surface area contributed by atoms with E-state index in [4.69, 9.17) is 4.74 Å². The van der Waals surface area contributed by atoms with Crippen molar-refractivity contribution in [1.82, 2.24) is 10.2 Å². The van der Waals surface area contributed by atoms with Crippen molar-refractivity contribution in [2.45, 2.75) is 32.6 Å². The molecular formula is C13H24N2O2. The van der Waals surface area contributed by atoms with Gasteiger partial charge in [-0.2, -0.15) is 0 Å². The molecule has 2 aliphatic heterocycles. The van der Waals surface area contributed by atoms with Gasteiger partial charge in [0, 0.05) is 13.1 Å². The van der Waals surface area contributed by atoms with Gasteiger partial charge in [-0.1, -0.05) is 6.92 Å². The molecule has 0 aromatic rings. The summed E-state index contributed by atoms with van der Waals surface area (Å²) in [6.07, 6.45) is 4.34. The van der Waals surface area contributed by atoms with E-state index in [2.05, 4.69) is 12.2 Å². The first-order chi connectivity index (χ1) is 8.25. The van der Waals surface area contributed by atoms with Gasteiger partial charge in [-0.3, -0.25) is 0 Å². The second-order valence-electron chi connectivity index (χ2n) is 5.43. The van der Waals surface area contributed by atoms with Gasteiger partial charge in [0.1, 0.15) is 0 Å². The third-order valence-electron chi connectivity index (χ3n) is 3.96. The molecule has 4 nitrogen and oxygen atoms in total. The number of ether oxygens (including phenoxy) is 1. The van der Waals surface area contributed by atoms with Crippen LogP contribution in [-0.4, -0.2) is 43.8 Å². The summed E-state index contributed by atoms with van der Waals surface area (Å²) in [4.78, 5) is 13.6. The van der Waals surface area contributed by atoms with Gasteiger partial charge < -0.3 is 15.0 Å². The number of hydrogen-bond donors (Lipinski definition) is 1. The molecule has 17 heavy (non-hydrogen) atoms. The van der Waals surface area contributed by atoms with Crippen molar-refractivity contribution in [1.29, 1.82) is 0 Å².